The Bertz CT molecular complexity index is 1480. The number of hydrogen-bond acceptors (Lipinski definition) is 5. The molecule has 0 unspecified atom stereocenters. The van der Waals surface area contributed by atoms with E-state index in [0.717, 1.165) is 14.9 Å². The Kier molecular flexibility index (Phi) is 8.28. The summed E-state index contributed by atoms with van der Waals surface area (Å²) in [4.78, 5) is 39.4. The average molecular weight is 669 g/mol. The molecule has 0 bridgehead atoms. The summed E-state index contributed by atoms with van der Waals surface area (Å²) in [6.07, 6.45) is 1.39. The van der Waals surface area contributed by atoms with E-state index in [1.165, 1.54) is 13.2 Å². The molecule has 3 aromatic rings. The van der Waals surface area contributed by atoms with Crippen LogP contribution in [0.2, 0.25) is 10.0 Å². The maximum absolute atomic E-state index is 13.3. The summed E-state index contributed by atoms with van der Waals surface area (Å²) in [7, 11) is 1.47. The van der Waals surface area contributed by atoms with E-state index < -0.39 is 17.8 Å². The normalized spacial score (nSPS) is 14.7. The molecule has 0 aliphatic carbocycles. The first-order chi connectivity index (χ1) is 17.6. The van der Waals surface area contributed by atoms with E-state index in [0.29, 0.717) is 42.8 Å². The monoisotopic (exact) mass is 666 g/mol. The number of hydrogen-bond donors (Lipinski definition) is 1. The van der Waals surface area contributed by atoms with Crippen molar-refractivity contribution >= 4 is 84.7 Å². The van der Waals surface area contributed by atoms with Gasteiger partial charge in [-0.25, -0.2) is 9.69 Å². The van der Waals surface area contributed by atoms with Crippen LogP contribution in [0.5, 0.6) is 11.5 Å². The molecule has 3 aromatic carbocycles. The number of carbonyl (C=O) groups is 3. The summed E-state index contributed by atoms with van der Waals surface area (Å²) in [5.41, 5.74) is 2.04. The molecule has 0 radical (unpaired) electrons. The Hall–Kier alpha value is -2.85. The molecule has 1 aliphatic rings. The molecule has 1 fully saturated rings. The smallest absolute Gasteiger partial charge is 0.335 e. The number of anilines is 1. The third kappa shape index (κ3) is 5.85. The maximum atomic E-state index is 13.3. The van der Waals surface area contributed by atoms with Crippen molar-refractivity contribution in [3.63, 3.8) is 0 Å². The summed E-state index contributed by atoms with van der Waals surface area (Å²) < 4.78 is 12.7. The predicted octanol–water partition coefficient (Wildman–Crippen LogP) is 7.08. The third-order valence-electron chi connectivity index (χ3n) is 5.45. The summed E-state index contributed by atoms with van der Waals surface area (Å²) in [5.74, 6) is -0.787. The second-order valence-electron chi connectivity index (χ2n) is 7.95. The van der Waals surface area contributed by atoms with Gasteiger partial charge in [-0.1, -0.05) is 45.2 Å². The molecule has 1 aliphatic heterocycles. The number of methoxy groups -OCH3 is 1. The van der Waals surface area contributed by atoms with Crippen LogP contribution in [-0.4, -0.2) is 25.0 Å². The molecule has 0 aromatic heterocycles. The number of rotatable bonds is 6. The molecule has 0 saturated carbocycles. The summed E-state index contributed by atoms with van der Waals surface area (Å²) in [6, 6.07) is 12.7. The number of ether oxygens (including phenoxy) is 2. The third-order valence-corrected chi connectivity index (χ3v) is 7.12. The summed E-state index contributed by atoms with van der Waals surface area (Å²) in [5, 5.41) is 3.21. The fraction of sp³-hybridized carbons (Fsp3) is 0.115. The second-order valence-corrected chi connectivity index (χ2v) is 10.6. The number of halogens is 4. The lowest BCUT2D eigenvalue weighted by atomic mass is 10.1. The Labute approximate surface area is 239 Å². The Morgan fingerprint density at radius 3 is 2.46 bits per heavy atom. The number of nitrogens with one attached hydrogen (secondary N) is 1. The van der Waals surface area contributed by atoms with Gasteiger partial charge in [-0.3, -0.25) is 14.9 Å². The molecule has 11 heteroatoms. The first-order valence-corrected chi connectivity index (χ1v) is 13.0. The molecule has 1 N–H and O–H groups in total. The maximum Gasteiger partial charge on any atom is 0.335 e. The Morgan fingerprint density at radius 1 is 1.03 bits per heavy atom. The number of barbiturate groups is 1. The number of nitrogens with zero attached hydrogens (tertiary/aromatic N) is 1. The van der Waals surface area contributed by atoms with E-state index in [2.05, 4.69) is 37.2 Å². The van der Waals surface area contributed by atoms with Gasteiger partial charge in [0.25, 0.3) is 11.8 Å². The van der Waals surface area contributed by atoms with Crippen LogP contribution in [0.15, 0.2) is 63.0 Å². The van der Waals surface area contributed by atoms with Gasteiger partial charge >= 0.3 is 6.03 Å². The number of aryl methyl sites for hydroxylation is 1. The SMILES string of the molecule is COc1cc(/C=C2/C(=O)NC(=O)N(c3ccc(Br)cc3C)C2=O)cc(Br)c1OCc1ccc(Cl)cc1Cl. The minimum atomic E-state index is -0.819. The predicted molar refractivity (Wildman–Crippen MR) is 149 cm³/mol. The minimum absolute atomic E-state index is 0.149. The quantitative estimate of drug-likeness (QED) is 0.224. The van der Waals surface area contributed by atoms with Crippen molar-refractivity contribution in [3.05, 3.63) is 89.8 Å². The van der Waals surface area contributed by atoms with Crippen molar-refractivity contribution in [2.75, 3.05) is 12.0 Å². The zero-order valence-corrected chi connectivity index (χ0v) is 24.1. The molecule has 1 heterocycles. The molecule has 1 saturated heterocycles. The zero-order valence-electron chi connectivity index (χ0n) is 19.4. The topological polar surface area (TPSA) is 84.9 Å². The molecular formula is C26H18Br2Cl2N2O5. The summed E-state index contributed by atoms with van der Waals surface area (Å²) in [6.45, 7) is 1.91. The lowest BCUT2D eigenvalue weighted by Gasteiger charge is -2.27. The number of benzene rings is 3. The van der Waals surface area contributed by atoms with Gasteiger partial charge in [0.15, 0.2) is 11.5 Å². The zero-order chi connectivity index (χ0) is 26.9. The van der Waals surface area contributed by atoms with E-state index in [1.807, 2.05) is 0 Å². The van der Waals surface area contributed by atoms with Crippen LogP contribution >= 0.6 is 55.1 Å². The van der Waals surface area contributed by atoms with E-state index in [-0.39, 0.29) is 12.2 Å². The van der Waals surface area contributed by atoms with Gasteiger partial charge in [0.05, 0.1) is 17.3 Å². The number of imide groups is 2. The van der Waals surface area contributed by atoms with Crippen molar-refractivity contribution in [1.82, 2.24) is 5.32 Å². The van der Waals surface area contributed by atoms with E-state index >= 15 is 0 Å². The fourth-order valence-electron chi connectivity index (χ4n) is 3.66. The highest BCUT2D eigenvalue weighted by Crippen LogP contribution is 2.38. The van der Waals surface area contributed by atoms with Crippen LogP contribution in [0.4, 0.5) is 10.5 Å². The van der Waals surface area contributed by atoms with Crippen molar-refractivity contribution in [1.29, 1.82) is 0 Å². The van der Waals surface area contributed by atoms with E-state index in [1.54, 1.807) is 55.5 Å². The number of amides is 4. The lowest BCUT2D eigenvalue weighted by molar-refractivity contribution is -0.122. The van der Waals surface area contributed by atoms with Gasteiger partial charge in [-0.05, 0) is 82.5 Å². The van der Waals surface area contributed by atoms with Crippen LogP contribution in [0.25, 0.3) is 6.08 Å². The lowest BCUT2D eigenvalue weighted by Crippen LogP contribution is -2.54. The average Bonchev–Trinajstić information content (AvgIpc) is 2.83. The highest BCUT2D eigenvalue weighted by Gasteiger charge is 2.37. The molecule has 0 spiro atoms. The van der Waals surface area contributed by atoms with Gasteiger partial charge < -0.3 is 9.47 Å². The number of carbonyl (C=O) groups excluding carboxylic acids is 3. The van der Waals surface area contributed by atoms with E-state index in [9.17, 15) is 14.4 Å². The first-order valence-electron chi connectivity index (χ1n) is 10.7. The largest absolute Gasteiger partial charge is 0.493 e. The molecular weight excluding hydrogens is 651 g/mol. The van der Waals surface area contributed by atoms with Gasteiger partial charge in [0.2, 0.25) is 0 Å². The molecule has 37 heavy (non-hydrogen) atoms. The fourth-order valence-corrected chi connectivity index (χ4v) is 5.18. The van der Waals surface area contributed by atoms with Crippen LogP contribution in [-0.2, 0) is 16.2 Å². The van der Waals surface area contributed by atoms with E-state index in [4.69, 9.17) is 32.7 Å². The van der Waals surface area contributed by atoms with Gasteiger partial charge in [-0.15, -0.1) is 0 Å². The van der Waals surface area contributed by atoms with Crippen molar-refractivity contribution in [2.24, 2.45) is 0 Å². The van der Waals surface area contributed by atoms with Crippen LogP contribution in [0, 0.1) is 6.92 Å². The molecule has 7 nitrogen and oxygen atoms in total. The molecule has 4 amide bonds. The second kappa shape index (κ2) is 11.3. The van der Waals surface area contributed by atoms with Gasteiger partial charge in [0, 0.05) is 20.1 Å². The number of urea groups is 1. The highest BCUT2D eigenvalue weighted by atomic mass is 79.9. The Balaban J connectivity index is 1.65. The Morgan fingerprint density at radius 2 is 1.78 bits per heavy atom. The standard InChI is InChI=1S/C26H18Br2Cl2N2O5/c1-13-7-16(27)4-6-21(13)32-25(34)18(24(33)31-26(32)35)8-14-9-19(28)23(22(10-14)36-2)37-12-15-3-5-17(29)11-20(15)30/h3-11H,12H2,1-2H3,(H,31,33,35)/b18-8-. The minimum Gasteiger partial charge on any atom is -0.493 e. The summed E-state index contributed by atoms with van der Waals surface area (Å²) >= 11 is 19.0. The van der Waals surface area contributed by atoms with Crippen LogP contribution in [0.1, 0.15) is 16.7 Å². The van der Waals surface area contributed by atoms with Crippen LogP contribution in [0.3, 0.4) is 0 Å². The van der Waals surface area contributed by atoms with Crippen molar-refractivity contribution in [3.8, 4) is 11.5 Å². The first kappa shape index (κ1) is 27.2. The van der Waals surface area contributed by atoms with Crippen molar-refractivity contribution in [2.45, 2.75) is 13.5 Å². The molecule has 0 atom stereocenters. The van der Waals surface area contributed by atoms with Gasteiger partial charge in [0.1, 0.15) is 12.2 Å². The molecule has 4 rings (SSSR count). The highest BCUT2D eigenvalue weighted by molar-refractivity contribution is 9.10. The van der Waals surface area contributed by atoms with Crippen molar-refractivity contribution < 1.29 is 23.9 Å². The van der Waals surface area contributed by atoms with Crippen LogP contribution < -0.4 is 19.7 Å². The van der Waals surface area contributed by atoms with Gasteiger partial charge in [-0.2, -0.15) is 0 Å². The molecule has 190 valence electrons.